The summed E-state index contributed by atoms with van der Waals surface area (Å²) in [5.74, 6) is -0.171. The van der Waals surface area contributed by atoms with Crippen molar-refractivity contribution in [3.05, 3.63) is 52.3 Å². The van der Waals surface area contributed by atoms with Gasteiger partial charge in [-0.15, -0.1) is 0 Å². The molecular formula is C23H29NO5. The van der Waals surface area contributed by atoms with Crippen LogP contribution in [0.3, 0.4) is 0 Å². The van der Waals surface area contributed by atoms with Crippen molar-refractivity contribution in [3.63, 3.8) is 0 Å². The standard InChI is InChI=1S/C23H29NO5/c1-15-7-8-19(10-16(15)2)28-14-23(26)29-13-22(25)21-11-17(3)24(18(21)4)12-20-6-5-9-27-20/h7-8,10-11,20H,5-6,9,12-14H2,1-4H3/t20-/m1/s1. The number of ketones is 1. The topological polar surface area (TPSA) is 66.8 Å². The number of carbonyl (C=O) groups is 2. The normalized spacial score (nSPS) is 16.1. The molecule has 0 saturated carbocycles. The van der Waals surface area contributed by atoms with Crippen LogP contribution in [0.1, 0.15) is 45.7 Å². The summed E-state index contributed by atoms with van der Waals surface area (Å²) in [4.78, 5) is 24.5. The predicted octanol–water partition coefficient (Wildman–Crippen LogP) is 3.71. The number of carbonyl (C=O) groups excluding carboxylic acids is 2. The van der Waals surface area contributed by atoms with Crippen molar-refractivity contribution in [1.29, 1.82) is 0 Å². The third-order valence-electron chi connectivity index (χ3n) is 5.48. The Bertz CT molecular complexity index is 893. The molecule has 6 nitrogen and oxygen atoms in total. The summed E-state index contributed by atoms with van der Waals surface area (Å²) in [5.41, 5.74) is 4.71. The van der Waals surface area contributed by atoms with Crippen LogP contribution in [-0.4, -0.2) is 42.2 Å². The van der Waals surface area contributed by atoms with E-state index >= 15 is 0 Å². The summed E-state index contributed by atoms with van der Waals surface area (Å²) in [6.45, 7) is 8.91. The predicted molar refractivity (Wildman–Crippen MR) is 110 cm³/mol. The van der Waals surface area contributed by atoms with E-state index in [2.05, 4.69) is 4.57 Å². The number of hydrogen-bond donors (Lipinski definition) is 0. The summed E-state index contributed by atoms with van der Waals surface area (Å²) in [6.07, 6.45) is 2.32. The molecule has 0 spiro atoms. The molecule has 1 aromatic heterocycles. The quantitative estimate of drug-likeness (QED) is 0.500. The monoisotopic (exact) mass is 399 g/mol. The van der Waals surface area contributed by atoms with Crippen LogP contribution in [0.5, 0.6) is 5.75 Å². The smallest absolute Gasteiger partial charge is 0.344 e. The molecule has 1 aliphatic heterocycles. The van der Waals surface area contributed by atoms with E-state index in [1.54, 1.807) is 0 Å². The summed E-state index contributed by atoms with van der Waals surface area (Å²) in [5, 5.41) is 0. The Morgan fingerprint density at radius 2 is 1.90 bits per heavy atom. The van der Waals surface area contributed by atoms with E-state index < -0.39 is 5.97 Å². The first-order chi connectivity index (χ1) is 13.8. The van der Waals surface area contributed by atoms with E-state index in [0.717, 1.165) is 48.5 Å². The largest absolute Gasteiger partial charge is 0.482 e. The first-order valence-electron chi connectivity index (χ1n) is 10.0. The van der Waals surface area contributed by atoms with Gasteiger partial charge in [0.15, 0.2) is 13.2 Å². The van der Waals surface area contributed by atoms with Crippen LogP contribution in [-0.2, 0) is 20.8 Å². The fraction of sp³-hybridized carbons (Fsp3) is 0.478. The molecular weight excluding hydrogens is 370 g/mol. The van der Waals surface area contributed by atoms with Crippen LogP contribution in [0, 0.1) is 27.7 Å². The van der Waals surface area contributed by atoms with Crippen molar-refractivity contribution < 1.29 is 23.8 Å². The molecule has 1 aromatic carbocycles. The zero-order valence-electron chi connectivity index (χ0n) is 17.6. The van der Waals surface area contributed by atoms with E-state index in [1.807, 2.05) is 52.0 Å². The lowest BCUT2D eigenvalue weighted by atomic mass is 10.1. The number of Topliss-reactive ketones (excluding diaryl/α,β-unsaturated/α-hetero) is 1. The number of benzene rings is 1. The van der Waals surface area contributed by atoms with E-state index in [9.17, 15) is 9.59 Å². The summed E-state index contributed by atoms with van der Waals surface area (Å²) in [6, 6.07) is 7.47. The van der Waals surface area contributed by atoms with Gasteiger partial charge in [-0.2, -0.15) is 0 Å². The van der Waals surface area contributed by atoms with E-state index in [1.165, 1.54) is 0 Å². The van der Waals surface area contributed by atoms with Crippen molar-refractivity contribution in [2.45, 2.75) is 53.2 Å². The maximum absolute atomic E-state index is 12.6. The molecule has 2 aromatic rings. The highest BCUT2D eigenvalue weighted by molar-refractivity contribution is 5.99. The molecule has 0 aliphatic carbocycles. The first-order valence-corrected chi connectivity index (χ1v) is 10.0. The summed E-state index contributed by atoms with van der Waals surface area (Å²) >= 11 is 0. The lowest BCUT2D eigenvalue weighted by Crippen LogP contribution is -2.20. The minimum Gasteiger partial charge on any atom is -0.482 e. The molecule has 1 saturated heterocycles. The first kappa shape index (κ1) is 21.1. The highest BCUT2D eigenvalue weighted by Gasteiger charge is 2.21. The maximum atomic E-state index is 12.6. The Hall–Kier alpha value is -2.60. The molecule has 0 bridgehead atoms. The van der Waals surface area contributed by atoms with Crippen molar-refractivity contribution in [3.8, 4) is 5.75 Å². The van der Waals surface area contributed by atoms with Gasteiger partial charge >= 0.3 is 5.97 Å². The van der Waals surface area contributed by atoms with Gasteiger partial charge in [-0.05, 0) is 69.9 Å². The molecule has 0 amide bonds. The van der Waals surface area contributed by atoms with Crippen LogP contribution < -0.4 is 4.74 Å². The average molecular weight is 399 g/mol. The van der Waals surface area contributed by atoms with Gasteiger partial charge in [-0.25, -0.2) is 4.79 Å². The number of esters is 1. The molecule has 29 heavy (non-hydrogen) atoms. The highest BCUT2D eigenvalue weighted by atomic mass is 16.6. The number of hydrogen-bond acceptors (Lipinski definition) is 5. The summed E-state index contributed by atoms with van der Waals surface area (Å²) in [7, 11) is 0. The molecule has 1 aliphatic rings. The van der Waals surface area contributed by atoms with Crippen LogP contribution >= 0.6 is 0 Å². The van der Waals surface area contributed by atoms with Crippen molar-refractivity contribution in [1.82, 2.24) is 4.57 Å². The molecule has 0 unspecified atom stereocenters. The molecule has 1 fully saturated rings. The maximum Gasteiger partial charge on any atom is 0.344 e. The lowest BCUT2D eigenvalue weighted by Gasteiger charge is -2.14. The minimum absolute atomic E-state index is 0.197. The SMILES string of the molecule is Cc1ccc(OCC(=O)OCC(=O)c2cc(C)n(C[C@H]3CCCO3)c2C)cc1C. The molecule has 1 atom stereocenters. The van der Waals surface area contributed by atoms with Gasteiger partial charge in [-0.3, -0.25) is 4.79 Å². The molecule has 0 radical (unpaired) electrons. The van der Waals surface area contributed by atoms with Gasteiger partial charge in [0.1, 0.15) is 5.75 Å². The molecule has 156 valence electrons. The fourth-order valence-corrected chi connectivity index (χ4v) is 3.57. The van der Waals surface area contributed by atoms with E-state index in [4.69, 9.17) is 14.2 Å². The van der Waals surface area contributed by atoms with E-state index in [0.29, 0.717) is 11.3 Å². The second-order valence-electron chi connectivity index (χ2n) is 7.65. The number of aromatic nitrogens is 1. The molecule has 6 heteroatoms. The van der Waals surface area contributed by atoms with Gasteiger partial charge in [0.2, 0.25) is 5.78 Å². The van der Waals surface area contributed by atoms with Gasteiger partial charge in [0.05, 0.1) is 6.10 Å². The third-order valence-corrected chi connectivity index (χ3v) is 5.48. The van der Waals surface area contributed by atoms with Crippen molar-refractivity contribution >= 4 is 11.8 Å². The number of aryl methyl sites for hydroxylation is 3. The summed E-state index contributed by atoms with van der Waals surface area (Å²) < 4.78 is 18.4. The third kappa shape index (κ3) is 5.26. The van der Waals surface area contributed by atoms with Crippen LogP contribution in [0.4, 0.5) is 0 Å². The Balaban J connectivity index is 1.52. The van der Waals surface area contributed by atoms with Crippen LogP contribution in [0.2, 0.25) is 0 Å². The number of nitrogens with zero attached hydrogens (tertiary/aromatic N) is 1. The molecule has 0 N–H and O–H groups in total. The zero-order chi connectivity index (χ0) is 21.0. The molecule has 3 rings (SSSR count). The van der Waals surface area contributed by atoms with Crippen LogP contribution in [0.15, 0.2) is 24.3 Å². The average Bonchev–Trinajstić information content (AvgIpc) is 3.31. The lowest BCUT2D eigenvalue weighted by molar-refractivity contribution is -0.144. The van der Waals surface area contributed by atoms with Crippen molar-refractivity contribution in [2.75, 3.05) is 19.8 Å². The minimum atomic E-state index is -0.565. The van der Waals surface area contributed by atoms with E-state index in [-0.39, 0.29) is 25.1 Å². The Morgan fingerprint density at radius 1 is 1.10 bits per heavy atom. The van der Waals surface area contributed by atoms with Gasteiger partial charge in [-0.1, -0.05) is 6.07 Å². The second kappa shape index (κ2) is 9.27. The fourth-order valence-electron chi connectivity index (χ4n) is 3.57. The Kier molecular flexibility index (Phi) is 6.75. The zero-order valence-corrected chi connectivity index (χ0v) is 17.6. The van der Waals surface area contributed by atoms with Gasteiger partial charge in [0, 0.05) is 30.1 Å². The van der Waals surface area contributed by atoms with Gasteiger partial charge in [0.25, 0.3) is 0 Å². The number of rotatable bonds is 8. The van der Waals surface area contributed by atoms with Crippen molar-refractivity contribution in [2.24, 2.45) is 0 Å². The Labute approximate surface area is 171 Å². The highest BCUT2D eigenvalue weighted by Crippen LogP contribution is 2.21. The van der Waals surface area contributed by atoms with Crippen LogP contribution in [0.25, 0.3) is 0 Å². The molecule has 2 heterocycles. The Morgan fingerprint density at radius 3 is 2.59 bits per heavy atom. The van der Waals surface area contributed by atoms with Gasteiger partial charge < -0.3 is 18.8 Å². The second-order valence-corrected chi connectivity index (χ2v) is 7.65. The number of ether oxygens (including phenoxy) is 3.